The summed E-state index contributed by atoms with van der Waals surface area (Å²) in [6.45, 7) is 10.3. The van der Waals surface area contributed by atoms with Gasteiger partial charge in [0, 0.05) is 26.1 Å². The quantitative estimate of drug-likeness (QED) is 0.237. The highest BCUT2D eigenvalue weighted by atomic mass is 35.5. The zero-order chi connectivity index (χ0) is 19.1. The smallest absolute Gasteiger partial charge is 0.219 e. The molecule has 27 heavy (non-hydrogen) atoms. The molecule has 0 aliphatic carbocycles. The molecule has 0 spiro atoms. The van der Waals surface area contributed by atoms with Gasteiger partial charge < -0.3 is 39.5 Å². The zero-order valence-electron chi connectivity index (χ0n) is 16.4. The maximum absolute atomic E-state index is 10.5. The van der Waals surface area contributed by atoms with Crippen LogP contribution in [-0.2, 0) is 33.2 Å². The summed E-state index contributed by atoms with van der Waals surface area (Å²) in [5, 5.41) is 3.23. The third-order valence-electron chi connectivity index (χ3n) is 3.03. The van der Waals surface area contributed by atoms with Crippen molar-refractivity contribution in [3.05, 3.63) is 0 Å². The van der Waals surface area contributed by atoms with Crippen molar-refractivity contribution in [1.82, 2.24) is 5.32 Å². The SMILES string of the molecule is CCOCCOCCOCCNCCOCCOCCOCCC(N)=O.Cl. The summed E-state index contributed by atoms with van der Waals surface area (Å²) in [7, 11) is 0. The predicted molar refractivity (Wildman–Crippen MR) is 105 cm³/mol. The van der Waals surface area contributed by atoms with E-state index in [0.717, 1.165) is 19.7 Å². The Labute approximate surface area is 168 Å². The predicted octanol–water partition coefficient (Wildman–Crippen LogP) is -0.00730. The van der Waals surface area contributed by atoms with Crippen molar-refractivity contribution in [3.63, 3.8) is 0 Å². The molecule has 0 atom stereocenters. The number of amides is 1. The molecule has 0 aliphatic heterocycles. The van der Waals surface area contributed by atoms with Gasteiger partial charge in [0.1, 0.15) is 0 Å². The van der Waals surface area contributed by atoms with Gasteiger partial charge in [-0.3, -0.25) is 4.79 Å². The third kappa shape index (κ3) is 27.8. The average molecular weight is 417 g/mol. The Bertz CT molecular complexity index is 302. The van der Waals surface area contributed by atoms with Crippen molar-refractivity contribution in [1.29, 1.82) is 0 Å². The van der Waals surface area contributed by atoms with Gasteiger partial charge in [-0.25, -0.2) is 0 Å². The van der Waals surface area contributed by atoms with E-state index in [1.165, 1.54) is 0 Å². The lowest BCUT2D eigenvalue weighted by molar-refractivity contribution is -0.119. The lowest BCUT2D eigenvalue weighted by Gasteiger charge is -2.08. The first-order valence-corrected chi connectivity index (χ1v) is 9.22. The summed E-state index contributed by atoms with van der Waals surface area (Å²) in [6, 6.07) is 0. The highest BCUT2D eigenvalue weighted by Crippen LogP contribution is 1.84. The summed E-state index contributed by atoms with van der Waals surface area (Å²) in [5.74, 6) is -0.359. The molecular formula is C17H37ClN2O7. The molecule has 0 radical (unpaired) electrons. The number of nitrogens with one attached hydrogen (secondary N) is 1. The van der Waals surface area contributed by atoms with Gasteiger partial charge in [0.2, 0.25) is 5.91 Å². The number of halogens is 1. The first-order chi connectivity index (χ1) is 12.8. The van der Waals surface area contributed by atoms with Gasteiger partial charge in [0.05, 0.1) is 72.7 Å². The van der Waals surface area contributed by atoms with E-state index >= 15 is 0 Å². The van der Waals surface area contributed by atoms with Crippen LogP contribution in [-0.4, -0.2) is 98.3 Å². The minimum absolute atomic E-state index is 0. The topological polar surface area (TPSA) is 110 Å². The molecular weight excluding hydrogens is 380 g/mol. The molecule has 0 aromatic rings. The van der Waals surface area contributed by atoms with Crippen molar-refractivity contribution < 1.29 is 33.2 Å². The molecule has 0 heterocycles. The first-order valence-electron chi connectivity index (χ1n) is 9.22. The van der Waals surface area contributed by atoms with E-state index in [4.69, 9.17) is 34.2 Å². The van der Waals surface area contributed by atoms with Crippen LogP contribution in [0.5, 0.6) is 0 Å². The van der Waals surface area contributed by atoms with Crippen LogP contribution in [0.3, 0.4) is 0 Å². The number of rotatable bonds is 22. The molecule has 0 aromatic heterocycles. The zero-order valence-corrected chi connectivity index (χ0v) is 17.3. The van der Waals surface area contributed by atoms with E-state index in [9.17, 15) is 4.79 Å². The molecule has 0 unspecified atom stereocenters. The Balaban J connectivity index is 0. The lowest BCUT2D eigenvalue weighted by atomic mass is 10.4. The number of nitrogens with two attached hydrogens (primary N) is 1. The van der Waals surface area contributed by atoms with Gasteiger partial charge in [0.25, 0.3) is 0 Å². The molecule has 164 valence electrons. The number of carbonyl (C=O) groups is 1. The summed E-state index contributed by atoms with van der Waals surface area (Å²) >= 11 is 0. The van der Waals surface area contributed by atoms with Crippen molar-refractivity contribution >= 4 is 18.3 Å². The molecule has 10 heteroatoms. The summed E-state index contributed by atoms with van der Waals surface area (Å²) in [5.41, 5.74) is 4.99. The Kier molecular flexibility index (Phi) is 27.1. The second-order valence-corrected chi connectivity index (χ2v) is 5.23. The minimum atomic E-state index is -0.359. The monoisotopic (exact) mass is 416 g/mol. The Hall–Kier alpha value is -0.520. The van der Waals surface area contributed by atoms with Crippen LogP contribution in [0.4, 0.5) is 0 Å². The van der Waals surface area contributed by atoms with E-state index < -0.39 is 0 Å². The van der Waals surface area contributed by atoms with Crippen molar-refractivity contribution in [2.45, 2.75) is 13.3 Å². The molecule has 0 saturated carbocycles. The van der Waals surface area contributed by atoms with Gasteiger partial charge >= 0.3 is 0 Å². The van der Waals surface area contributed by atoms with E-state index in [-0.39, 0.29) is 24.7 Å². The van der Waals surface area contributed by atoms with Crippen LogP contribution in [0.15, 0.2) is 0 Å². The standard InChI is InChI=1S/C17H36N2O7.ClH/c1-2-21-9-10-25-15-12-23-7-4-19-5-8-24-13-16-26-14-11-22-6-3-17(18)20;/h19H,2-16H2,1H3,(H2,18,20);1H. The molecule has 0 rings (SSSR count). The van der Waals surface area contributed by atoms with Crippen LogP contribution in [0.1, 0.15) is 13.3 Å². The van der Waals surface area contributed by atoms with Crippen molar-refractivity contribution in [2.24, 2.45) is 5.73 Å². The van der Waals surface area contributed by atoms with Gasteiger partial charge in [-0.1, -0.05) is 0 Å². The average Bonchev–Trinajstić information content (AvgIpc) is 2.62. The fraction of sp³-hybridized carbons (Fsp3) is 0.941. The first kappa shape index (κ1) is 28.7. The lowest BCUT2D eigenvalue weighted by Crippen LogP contribution is -2.25. The maximum Gasteiger partial charge on any atom is 0.219 e. The van der Waals surface area contributed by atoms with Crippen LogP contribution >= 0.6 is 12.4 Å². The number of primary amides is 1. The van der Waals surface area contributed by atoms with Gasteiger partial charge in [-0.15, -0.1) is 12.4 Å². The van der Waals surface area contributed by atoms with E-state index in [1.54, 1.807) is 0 Å². The molecule has 9 nitrogen and oxygen atoms in total. The molecule has 0 aromatic carbocycles. The van der Waals surface area contributed by atoms with E-state index in [1.807, 2.05) is 6.92 Å². The fourth-order valence-corrected chi connectivity index (χ4v) is 1.71. The molecule has 1 amide bonds. The molecule has 0 aliphatic rings. The summed E-state index contributed by atoms with van der Waals surface area (Å²) in [4.78, 5) is 10.5. The summed E-state index contributed by atoms with van der Waals surface area (Å²) < 4.78 is 31.8. The van der Waals surface area contributed by atoms with E-state index in [0.29, 0.717) is 72.7 Å². The minimum Gasteiger partial charge on any atom is -0.379 e. The van der Waals surface area contributed by atoms with Crippen LogP contribution in [0, 0.1) is 0 Å². The molecule has 3 N–H and O–H groups in total. The van der Waals surface area contributed by atoms with Gasteiger partial charge in [-0.2, -0.15) is 0 Å². The number of hydrogen-bond acceptors (Lipinski definition) is 8. The molecule has 0 fully saturated rings. The number of ether oxygens (including phenoxy) is 6. The van der Waals surface area contributed by atoms with Crippen LogP contribution in [0.25, 0.3) is 0 Å². The van der Waals surface area contributed by atoms with Crippen LogP contribution in [0.2, 0.25) is 0 Å². The molecule has 0 saturated heterocycles. The second-order valence-electron chi connectivity index (χ2n) is 5.23. The Morgan fingerprint density at radius 2 is 1.04 bits per heavy atom. The highest BCUT2D eigenvalue weighted by Gasteiger charge is 1.95. The third-order valence-corrected chi connectivity index (χ3v) is 3.03. The Morgan fingerprint density at radius 1 is 0.667 bits per heavy atom. The highest BCUT2D eigenvalue weighted by molar-refractivity contribution is 5.85. The largest absolute Gasteiger partial charge is 0.379 e. The van der Waals surface area contributed by atoms with Crippen molar-refractivity contribution in [3.8, 4) is 0 Å². The molecule has 0 bridgehead atoms. The van der Waals surface area contributed by atoms with Crippen molar-refractivity contribution in [2.75, 3.05) is 92.4 Å². The van der Waals surface area contributed by atoms with Crippen LogP contribution < -0.4 is 11.1 Å². The maximum atomic E-state index is 10.5. The fourth-order valence-electron chi connectivity index (χ4n) is 1.71. The summed E-state index contributed by atoms with van der Waals surface area (Å²) in [6.07, 6.45) is 0.239. The Morgan fingerprint density at radius 3 is 1.44 bits per heavy atom. The van der Waals surface area contributed by atoms with E-state index in [2.05, 4.69) is 5.32 Å². The number of carbonyl (C=O) groups excluding carboxylic acids is 1. The second kappa shape index (κ2) is 25.5. The number of hydrogen-bond donors (Lipinski definition) is 2. The van der Waals surface area contributed by atoms with Gasteiger partial charge in [0.15, 0.2) is 0 Å². The normalized spacial score (nSPS) is 10.7. The van der Waals surface area contributed by atoms with Gasteiger partial charge in [-0.05, 0) is 6.92 Å².